The summed E-state index contributed by atoms with van der Waals surface area (Å²) in [5.41, 5.74) is 2.38. The number of aromatic nitrogens is 2. The number of fused-ring (bicyclic) bond motifs is 1. The summed E-state index contributed by atoms with van der Waals surface area (Å²) in [6.07, 6.45) is 5.01. The van der Waals surface area contributed by atoms with Gasteiger partial charge in [-0.25, -0.2) is 0 Å². The summed E-state index contributed by atoms with van der Waals surface area (Å²) in [7, 11) is 1.98. The van der Waals surface area contributed by atoms with Crippen LogP contribution in [-0.2, 0) is 13.5 Å². The fourth-order valence-electron chi connectivity index (χ4n) is 3.47. The molecule has 1 aliphatic carbocycles. The predicted molar refractivity (Wildman–Crippen MR) is 84.7 cm³/mol. The molecular formula is C18H23N3. The van der Waals surface area contributed by atoms with Gasteiger partial charge >= 0.3 is 0 Å². The van der Waals surface area contributed by atoms with Gasteiger partial charge in [-0.05, 0) is 37.2 Å². The molecule has 0 unspecified atom stereocenters. The highest BCUT2D eigenvalue weighted by Crippen LogP contribution is 2.46. The van der Waals surface area contributed by atoms with Crippen LogP contribution in [0.3, 0.4) is 0 Å². The highest BCUT2D eigenvalue weighted by Gasteiger charge is 2.39. The zero-order valence-corrected chi connectivity index (χ0v) is 13.2. The van der Waals surface area contributed by atoms with E-state index in [2.05, 4.69) is 43.2 Å². The van der Waals surface area contributed by atoms with Crippen molar-refractivity contribution < 1.29 is 0 Å². The van der Waals surface area contributed by atoms with Crippen molar-refractivity contribution in [3.8, 4) is 6.07 Å². The Morgan fingerprint density at radius 1 is 1.19 bits per heavy atom. The SMILES string of the molecule is Cn1nc(CC2(C#N)CCC(C)(C)CC2)c2ccccc21. The predicted octanol–water partition coefficient (Wildman–Crippen LogP) is 4.23. The Labute approximate surface area is 126 Å². The molecular weight excluding hydrogens is 258 g/mol. The normalized spacial score (nSPS) is 20.3. The molecule has 21 heavy (non-hydrogen) atoms. The summed E-state index contributed by atoms with van der Waals surface area (Å²) in [5, 5.41) is 15.6. The smallest absolute Gasteiger partial charge is 0.0719 e. The van der Waals surface area contributed by atoms with Crippen molar-refractivity contribution in [2.75, 3.05) is 0 Å². The van der Waals surface area contributed by atoms with Gasteiger partial charge in [0.25, 0.3) is 0 Å². The molecule has 0 amide bonds. The summed E-state index contributed by atoms with van der Waals surface area (Å²) in [5.74, 6) is 0. The number of para-hydroxylation sites is 1. The van der Waals surface area contributed by atoms with Crippen LogP contribution in [0.4, 0.5) is 0 Å². The largest absolute Gasteiger partial charge is 0.268 e. The molecule has 1 aliphatic rings. The molecule has 0 spiro atoms. The van der Waals surface area contributed by atoms with E-state index in [-0.39, 0.29) is 5.41 Å². The Kier molecular flexibility index (Phi) is 3.28. The van der Waals surface area contributed by atoms with Gasteiger partial charge in [-0.2, -0.15) is 10.4 Å². The molecule has 1 saturated carbocycles. The van der Waals surface area contributed by atoms with E-state index < -0.39 is 0 Å². The van der Waals surface area contributed by atoms with Crippen LogP contribution in [-0.4, -0.2) is 9.78 Å². The van der Waals surface area contributed by atoms with Crippen molar-refractivity contribution in [3.05, 3.63) is 30.0 Å². The van der Waals surface area contributed by atoms with Gasteiger partial charge in [0.05, 0.1) is 22.7 Å². The third kappa shape index (κ3) is 2.55. The van der Waals surface area contributed by atoms with Gasteiger partial charge in [0.2, 0.25) is 0 Å². The molecule has 3 heteroatoms. The van der Waals surface area contributed by atoms with Crippen molar-refractivity contribution >= 4 is 10.9 Å². The van der Waals surface area contributed by atoms with Gasteiger partial charge in [0.15, 0.2) is 0 Å². The summed E-state index contributed by atoms with van der Waals surface area (Å²) in [6.45, 7) is 4.62. The maximum Gasteiger partial charge on any atom is 0.0719 e. The highest BCUT2D eigenvalue weighted by atomic mass is 15.3. The highest BCUT2D eigenvalue weighted by molar-refractivity contribution is 5.81. The van der Waals surface area contributed by atoms with Crippen molar-refractivity contribution in [2.45, 2.75) is 46.0 Å². The van der Waals surface area contributed by atoms with Crippen molar-refractivity contribution in [1.82, 2.24) is 9.78 Å². The molecule has 1 heterocycles. The van der Waals surface area contributed by atoms with Crippen LogP contribution in [0, 0.1) is 22.2 Å². The van der Waals surface area contributed by atoms with Crippen LogP contribution in [0.1, 0.15) is 45.2 Å². The van der Waals surface area contributed by atoms with Crippen molar-refractivity contribution in [1.29, 1.82) is 5.26 Å². The lowest BCUT2D eigenvalue weighted by molar-refractivity contribution is 0.145. The quantitative estimate of drug-likeness (QED) is 0.826. The second-order valence-electron chi connectivity index (χ2n) is 7.32. The minimum Gasteiger partial charge on any atom is -0.268 e. The number of rotatable bonds is 2. The molecule has 1 aromatic heterocycles. The molecule has 3 rings (SSSR count). The third-order valence-electron chi connectivity index (χ3n) is 5.14. The molecule has 3 nitrogen and oxygen atoms in total. The van der Waals surface area contributed by atoms with Gasteiger partial charge in [0.1, 0.15) is 0 Å². The molecule has 0 radical (unpaired) electrons. The average Bonchev–Trinajstić information content (AvgIpc) is 2.79. The van der Waals surface area contributed by atoms with Crippen LogP contribution in [0.2, 0.25) is 0 Å². The number of benzene rings is 1. The fourth-order valence-corrected chi connectivity index (χ4v) is 3.47. The maximum atomic E-state index is 9.77. The summed E-state index contributed by atoms with van der Waals surface area (Å²) >= 11 is 0. The van der Waals surface area contributed by atoms with Crippen molar-refractivity contribution in [3.63, 3.8) is 0 Å². The number of hydrogen-bond acceptors (Lipinski definition) is 2. The third-order valence-corrected chi connectivity index (χ3v) is 5.14. The molecule has 0 atom stereocenters. The van der Waals surface area contributed by atoms with E-state index >= 15 is 0 Å². The van der Waals surface area contributed by atoms with E-state index in [0.717, 1.165) is 43.3 Å². The van der Waals surface area contributed by atoms with Gasteiger partial charge < -0.3 is 0 Å². The molecule has 2 aromatic rings. The van der Waals surface area contributed by atoms with E-state index in [9.17, 15) is 5.26 Å². The number of nitrogens with zero attached hydrogens (tertiary/aromatic N) is 3. The Bertz CT molecular complexity index is 693. The second-order valence-corrected chi connectivity index (χ2v) is 7.32. The number of nitriles is 1. The van der Waals surface area contributed by atoms with Crippen LogP contribution < -0.4 is 0 Å². The summed E-state index contributed by atoms with van der Waals surface area (Å²) in [4.78, 5) is 0. The summed E-state index contributed by atoms with van der Waals surface area (Å²) in [6, 6.07) is 10.9. The summed E-state index contributed by atoms with van der Waals surface area (Å²) < 4.78 is 1.93. The van der Waals surface area contributed by atoms with E-state index in [1.54, 1.807) is 0 Å². The van der Waals surface area contributed by atoms with Crippen LogP contribution in [0.15, 0.2) is 24.3 Å². The molecule has 1 aromatic carbocycles. The molecule has 0 aliphatic heterocycles. The monoisotopic (exact) mass is 281 g/mol. The zero-order chi connectivity index (χ0) is 15.1. The lowest BCUT2D eigenvalue weighted by Gasteiger charge is -2.39. The van der Waals surface area contributed by atoms with E-state index in [4.69, 9.17) is 0 Å². The molecule has 0 saturated heterocycles. The first-order valence-corrected chi connectivity index (χ1v) is 7.77. The second kappa shape index (κ2) is 4.87. The first-order valence-electron chi connectivity index (χ1n) is 7.77. The van der Waals surface area contributed by atoms with E-state index in [0.29, 0.717) is 5.41 Å². The Morgan fingerprint density at radius 2 is 1.86 bits per heavy atom. The van der Waals surface area contributed by atoms with Crippen LogP contribution in [0.25, 0.3) is 10.9 Å². The molecule has 0 N–H and O–H groups in total. The minimum atomic E-state index is -0.230. The van der Waals surface area contributed by atoms with Crippen molar-refractivity contribution in [2.24, 2.45) is 17.9 Å². The number of hydrogen-bond donors (Lipinski definition) is 0. The number of aryl methyl sites for hydroxylation is 1. The maximum absolute atomic E-state index is 9.77. The Morgan fingerprint density at radius 3 is 2.52 bits per heavy atom. The zero-order valence-electron chi connectivity index (χ0n) is 13.2. The van der Waals surface area contributed by atoms with Gasteiger partial charge in [0, 0.05) is 18.9 Å². The Balaban J connectivity index is 1.92. The van der Waals surface area contributed by atoms with Gasteiger partial charge in [-0.15, -0.1) is 0 Å². The van der Waals surface area contributed by atoms with Crippen LogP contribution >= 0.6 is 0 Å². The minimum absolute atomic E-state index is 0.230. The van der Waals surface area contributed by atoms with Gasteiger partial charge in [-0.3, -0.25) is 4.68 Å². The van der Waals surface area contributed by atoms with E-state index in [1.807, 2.05) is 17.8 Å². The molecule has 1 fully saturated rings. The standard InChI is InChI=1S/C18H23N3/c1-17(2)8-10-18(13-19,11-9-17)12-15-14-6-4-5-7-16(14)21(3)20-15/h4-7H,8-12H2,1-3H3. The molecule has 0 bridgehead atoms. The Hall–Kier alpha value is -1.82. The first kappa shape index (κ1) is 14.1. The topological polar surface area (TPSA) is 41.6 Å². The van der Waals surface area contributed by atoms with Gasteiger partial charge in [-0.1, -0.05) is 32.0 Å². The molecule has 110 valence electrons. The lowest BCUT2D eigenvalue weighted by Crippen LogP contribution is -2.32. The van der Waals surface area contributed by atoms with E-state index in [1.165, 1.54) is 5.39 Å². The lowest BCUT2D eigenvalue weighted by atomic mass is 9.64. The first-order chi connectivity index (χ1) is 9.95. The average molecular weight is 281 g/mol. The fraction of sp³-hybridized carbons (Fsp3) is 0.556. The van der Waals surface area contributed by atoms with Crippen LogP contribution in [0.5, 0.6) is 0 Å².